The first-order valence-corrected chi connectivity index (χ1v) is 6.94. The van der Waals surface area contributed by atoms with Gasteiger partial charge in [0.1, 0.15) is 0 Å². The summed E-state index contributed by atoms with van der Waals surface area (Å²) in [5.74, 6) is 0. The van der Waals surface area contributed by atoms with Crippen molar-refractivity contribution < 1.29 is 0 Å². The highest BCUT2D eigenvalue weighted by Crippen LogP contribution is 2.27. The van der Waals surface area contributed by atoms with Gasteiger partial charge in [-0.05, 0) is 25.0 Å². The lowest BCUT2D eigenvalue weighted by Crippen LogP contribution is -2.63. The zero-order valence-corrected chi connectivity index (χ0v) is 11.4. The molecule has 18 heavy (non-hydrogen) atoms. The largest absolute Gasteiger partial charge is 0.323 e. The average molecular weight is 245 g/mol. The normalized spacial score (nSPS) is 32.5. The van der Waals surface area contributed by atoms with Crippen LogP contribution in [0.2, 0.25) is 0 Å². The van der Waals surface area contributed by atoms with E-state index in [9.17, 15) is 0 Å². The van der Waals surface area contributed by atoms with E-state index in [0.29, 0.717) is 6.04 Å². The maximum atomic E-state index is 6.54. The molecule has 1 aromatic carbocycles. The van der Waals surface area contributed by atoms with Crippen molar-refractivity contribution in [2.24, 2.45) is 5.73 Å². The van der Waals surface area contributed by atoms with Crippen molar-refractivity contribution in [3.63, 3.8) is 0 Å². The van der Waals surface area contributed by atoms with Crippen molar-refractivity contribution in [1.29, 1.82) is 0 Å². The zero-order valence-electron chi connectivity index (χ0n) is 11.4. The van der Waals surface area contributed by atoms with Gasteiger partial charge in [0.05, 0.1) is 0 Å². The van der Waals surface area contributed by atoms with E-state index >= 15 is 0 Å². The Bertz CT molecular complexity index is 435. The third kappa shape index (κ3) is 2.07. The van der Waals surface area contributed by atoms with Crippen LogP contribution < -0.4 is 5.73 Å². The minimum atomic E-state index is 0.147. The first kappa shape index (κ1) is 12.2. The minimum Gasteiger partial charge on any atom is -0.323 e. The molecule has 3 aliphatic heterocycles. The van der Waals surface area contributed by atoms with Gasteiger partial charge in [0.25, 0.3) is 0 Å². The van der Waals surface area contributed by atoms with E-state index in [0.717, 1.165) is 6.54 Å². The van der Waals surface area contributed by atoms with Crippen molar-refractivity contribution in [3.8, 4) is 0 Å². The van der Waals surface area contributed by atoms with Crippen molar-refractivity contribution in [1.82, 2.24) is 9.80 Å². The molecule has 0 aliphatic carbocycles. The molecule has 0 amide bonds. The molecule has 4 rings (SSSR count). The quantitative estimate of drug-likeness (QED) is 0.852. The van der Waals surface area contributed by atoms with E-state index in [4.69, 9.17) is 5.73 Å². The number of fused-ring (bicyclic) bond motifs is 3. The summed E-state index contributed by atoms with van der Waals surface area (Å²) < 4.78 is 0. The van der Waals surface area contributed by atoms with Crippen LogP contribution in [0.15, 0.2) is 18.2 Å². The first-order chi connectivity index (χ1) is 8.65. The Morgan fingerprint density at radius 2 is 1.89 bits per heavy atom. The van der Waals surface area contributed by atoms with Gasteiger partial charge < -0.3 is 5.73 Å². The number of nitrogens with two attached hydrogens (primary N) is 1. The lowest BCUT2D eigenvalue weighted by Gasteiger charge is -2.49. The van der Waals surface area contributed by atoms with E-state index in [1.54, 1.807) is 0 Å². The molecule has 3 saturated heterocycles. The van der Waals surface area contributed by atoms with Crippen LogP contribution in [0.3, 0.4) is 0 Å². The van der Waals surface area contributed by atoms with Gasteiger partial charge in [-0.15, -0.1) is 0 Å². The second-order valence-corrected chi connectivity index (χ2v) is 5.79. The highest BCUT2D eigenvalue weighted by molar-refractivity contribution is 5.33. The van der Waals surface area contributed by atoms with Crippen LogP contribution in [0.25, 0.3) is 0 Å². The van der Waals surface area contributed by atoms with Gasteiger partial charge in [-0.2, -0.15) is 0 Å². The molecule has 2 unspecified atom stereocenters. The Morgan fingerprint density at radius 1 is 1.17 bits per heavy atom. The zero-order chi connectivity index (χ0) is 12.7. The molecule has 2 bridgehead atoms. The summed E-state index contributed by atoms with van der Waals surface area (Å²) >= 11 is 0. The van der Waals surface area contributed by atoms with E-state index in [2.05, 4.69) is 41.8 Å². The molecular weight excluding hydrogens is 222 g/mol. The number of aryl methyl sites for hydroxylation is 2. The van der Waals surface area contributed by atoms with Crippen LogP contribution in [0, 0.1) is 13.8 Å². The van der Waals surface area contributed by atoms with Crippen LogP contribution in [-0.4, -0.2) is 48.6 Å². The van der Waals surface area contributed by atoms with Crippen LogP contribution in [0.1, 0.15) is 22.7 Å². The fourth-order valence-electron chi connectivity index (χ4n) is 3.41. The summed E-state index contributed by atoms with van der Waals surface area (Å²) in [5.41, 5.74) is 10.5. The predicted octanol–water partition coefficient (Wildman–Crippen LogP) is 1.30. The lowest BCUT2D eigenvalue weighted by molar-refractivity contribution is 0.00207. The second-order valence-electron chi connectivity index (χ2n) is 5.79. The van der Waals surface area contributed by atoms with Gasteiger partial charge in [0.15, 0.2) is 0 Å². The molecule has 2 N–H and O–H groups in total. The number of hydrogen-bond donors (Lipinski definition) is 1. The second kappa shape index (κ2) is 4.65. The third-order valence-corrected chi connectivity index (χ3v) is 4.52. The fraction of sp³-hybridized carbons (Fsp3) is 0.600. The predicted molar refractivity (Wildman–Crippen MR) is 74.6 cm³/mol. The number of benzene rings is 1. The van der Waals surface area contributed by atoms with Crippen molar-refractivity contribution in [3.05, 3.63) is 34.9 Å². The van der Waals surface area contributed by atoms with Gasteiger partial charge in [0.2, 0.25) is 0 Å². The smallest absolute Gasteiger partial charge is 0.0468 e. The molecule has 1 aromatic rings. The Hall–Kier alpha value is -0.900. The van der Waals surface area contributed by atoms with Gasteiger partial charge in [0, 0.05) is 44.8 Å². The first-order valence-electron chi connectivity index (χ1n) is 6.94. The fourth-order valence-corrected chi connectivity index (χ4v) is 3.41. The highest BCUT2D eigenvalue weighted by atomic mass is 15.3. The van der Waals surface area contributed by atoms with Gasteiger partial charge in [-0.25, -0.2) is 0 Å². The molecule has 0 aromatic heterocycles. The summed E-state index contributed by atoms with van der Waals surface area (Å²) in [5, 5.41) is 0. The highest BCUT2D eigenvalue weighted by Gasteiger charge is 2.36. The van der Waals surface area contributed by atoms with Gasteiger partial charge in [-0.3, -0.25) is 9.80 Å². The molecule has 0 radical (unpaired) electrons. The minimum absolute atomic E-state index is 0.147. The summed E-state index contributed by atoms with van der Waals surface area (Å²) in [6, 6.07) is 7.28. The SMILES string of the molecule is Cc1ccc(C(N)C2CN3CCN2CC3)c(C)c1. The monoisotopic (exact) mass is 245 g/mol. The molecule has 98 valence electrons. The van der Waals surface area contributed by atoms with Crippen molar-refractivity contribution in [2.45, 2.75) is 25.9 Å². The Kier molecular flexibility index (Phi) is 3.14. The maximum absolute atomic E-state index is 6.54. The molecule has 3 fully saturated rings. The van der Waals surface area contributed by atoms with Crippen molar-refractivity contribution >= 4 is 0 Å². The third-order valence-electron chi connectivity index (χ3n) is 4.52. The van der Waals surface area contributed by atoms with E-state index < -0.39 is 0 Å². The van der Waals surface area contributed by atoms with Crippen molar-refractivity contribution in [2.75, 3.05) is 32.7 Å². The van der Waals surface area contributed by atoms with E-state index in [1.165, 1.54) is 42.9 Å². The molecule has 3 aliphatic rings. The molecular formula is C15H23N3. The van der Waals surface area contributed by atoms with Crippen LogP contribution >= 0.6 is 0 Å². The van der Waals surface area contributed by atoms with E-state index in [-0.39, 0.29) is 6.04 Å². The molecule has 3 heterocycles. The number of nitrogens with zero attached hydrogens (tertiary/aromatic N) is 2. The van der Waals surface area contributed by atoms with Crippen LogP contribution in [0.4, 0.5) is 0 Å². The molecule has 0 spiro atoms. The molecule has 3 nitrogen and oxygen atoms in total. The Morgan fingerprint density at radius 3 is 2.44 bits per heavy atom. The summed E-state index contributed by atoms with van der Waals surface area (Å²) in [6.07, 6.45) is 0. The topological polar surface area (TPSA) is 32.5 Å². The van der Waals surface area contributed by atoms with Gasteiger partial charge in [-0.1, -0.05) is 23.8 Å². The maximum Gasteiger partial charge on any atom is 0.0468 e. The van der Waals surface area contributed by atoms with Crippen LogP contribution in [-0.2, 0) is 0 Å². The summed E-state index contributed by atoms with van der Waals surface area (Å²) in [6.45, 7) is 10.3. The Labute approximate surface area is 110 Å². The van der Waals surface area contributed by atoms with Crippen LogP contribution in [0.5, 0.6) is 0 Å². The van der Waals surface area contributed by atoms with Gasteiger partial charge >= 0.3 is 0 Å². The standard InChI is InChI=1S/C15H23N3/c1-11-3-4-13(12(2)9-11)15(16)14-10-17-5-7-18(14)8-6-17/h3-4,9,14-15H,5-8,10,16H2,1-2H3. The molecule has 3 heteroatoms. The number of hydrogen-bond acceptors (Lipinski definition) is 3. The molecule has 0 saturated carbocycles. The number of rotatable bonds is 2. The summed E-state index contributed by atoms with van der Waals surface area (Å²) in [7, 11) is 0. The average Bonchev–Trinajstić information content (AvgIpc) is 2.39. The van der Waals surface area contributed by atoms with E-state index in [1.807, 2.05) is 0 Å². The number of piperazine rings is 3. The Balaban J connectivity index is 1.83. The lowest BCUT2D eigenvalue weighted by atomic mass is 9.91. The summed E-state index contributed by atoms with van der Waals surface area (Å²) in [4.78, 5) is 5.12. The molecule has 2 atom stereocenters.